The number of pyridine rings is 1. The van der Waals surface area contributed by atoms with Crippen molar-refractivity contribution in [3.63, 3.8) is 0 Å². The molecule has 0 aliphatic carbocycles. The maximum atomic E-state index is 4.80. The molecule has 1 aliphatic heterocycles. The first-order valence-electron chi connectivity index (χ1n) is 9.59. The van der Waals surface area contributed by atoms with E-state index in [0.717, 1.165) is 55.1 Å². The number of nitrogens with zero attached hydrogens (tertiary/aromatic N) is 6. The topological polar surface area (TPSA) is 48.4 Å². The molecule has 0 spiro atoms. The lowest BCUT2D eigenvalue weighted by Crippen LogP contribution is -2.46. The lowest BCUT2D eigenvalue weighted by molar-refractivity contribution is 0.402. The highest BCUT2D eigenvalue weighted by Crippen LogP contribution is 2.27. The highest BCUT2D eigenvalue weighted by atomic mass is 32.1. The summed E-state index contributed by atoms with van der Waals surface area (Å²) < 4.78 is 4.59. The van der Waals surface area contributed by atoms with Crippen LogP contribution < -0.4 is 9.80 Å². The molecule has 3 aromatic rings. The van der Waals surface area contributed by atoms with Crippen molar-refractivity contribution in [1.29, 1.82) is 0 Å². The summed E-state index contributed by atoms with van der Waals surface area (Å²) in [6.45, 7) is 6.78. The van der Waals surface area contributed by atoms with Crippen molar-refractivity contribution in [2.24, 2.45) is 0 Å². The number of anilines is 2. The van der Waals surface area contributed by atoms with Gasteiger partial charge < -0.3 is 14.7 Å². The summed E-state index contributed by atoms with van der Waals surface area (Å²) in [5.74, 6) is 1.89. The van der Waals surface area contributed by atoms with Gasteiger partial charge in [-0.1, -0.05) is 30.3 Å². The van der Waals surface area contributed by atoms with E-state index in [1.807, 2.05) is 18.3 Å². The number of aryl methyl sites for hydroxylation is 1. The molecule has 2 aromatic heterocycles. The zero-order valence-electron chi connectivity index (χ0n) is 16.7. The molecular formula is C21H26N6S. The second-order valence-electron chi connectivity index (χ2n) is 7.45. The third kappa shape index (κ3) is 4.15. The van der Waals surface area contributed by atoms with Crippen LogP contribution in [0, 0.1) is 6.92 Å². The second kappa shape index (κ2) is 8.24. The number of piperazine rings is 1. The molecule has 3 heterocycles. The van der Waals surface area contributed by atoms with Gasteiger partial charge in [0.25, 0.3) is 0 Å². The van der Waals surface area contributed by atoms with E-state index < -0.39 is 0 Å². The molecule has 1 fully saturated rings. The Labute approximate surface area is 170 Å². The van der Waals surface area contributed by atoms with Crippen molar-refractivity contribution >= 4 is 22.5 Å². The van der Waals surface area contributed by atoms with Crippen LogP contribution in [0.2, 0.25) is 0 Å². The Kier molecular flexibility index (Phi) is 5.54. The molecule has 0 N–H and O–H groups in total. The van der Waals surface area contributed by atoms with Gasteiger partial charge in [0.1, 0.15) is 5.82 Å². The fraction of sp³-hybridized carbons (Fsp3) is 0.381. The molecule has 6 nitrogen and oxygen atoms in total. The van der Waals surface area contributed by atoms with Gasteiger partial charge in [-0.05, 0) is 38.2 Å². The SMILES string of the molecule is Cc1ccccc1-c1nsc(N2CCN(c3ccc(CN(C)C)cn3)CC2)n1. The van der Waals surface area contributed by atoms with Gasteiger partial charge in [0.2, 0.25) is 5.13 Å². The van der Waals surface area contributed by atoms with Gasteiger partial charge in [0.05, 0.1) is 0 Å². The largest absolute Gasteiger partial charge is 0.353 e. The van der Waals surface area contributed by atoms with Gasteiger partial charge in [-0.25, -0.2) is 4.98 Å². The van der Waals surface area contributed by atoms with Gasteiger partial charge in [-0.15, -0.1) is 0 Å². The summed E-state index contributed by atoms with van der Waals surface area (Å²) in [4.78, 5) is 16.3. The quantitative estimate of drug-likeness (QED) is 0.662. The Bertz CT molecular complexity index is 913. The Morgan fingerprint density at radius 3 is 2.43 bits per heavy atom. The van der Waals surface area contributed by atoms with E-state index in [1.54, 1.807) is 0 Å². The summed E-state index contributed by atoms with van der Waals surface area (Å²) in [5.41, 5.74) is 3.57. The van der Waals surface area contributed by atoms with Gasteiger partial charge in [-0.2, -0.15) is 9.36 Å². The molecule has 1 saturated heterocycles. The zero-order chi connectivity index (χ0) is 19.5. The van der Waals surface area contributed by atoms with Crippen LogP contribution in [0.25, 0.3) is 11.4 Å². The molecule has 0 saturated carbocycles. The fourth-order valence-corrected chi connectivity index (χ4v) is 4.20. The number of hydrogen-bond donors (Lipinski definition) is 0. The van der Waals surface area contributed by atoms with E-state index in [-0.39, 0.29) is 0 Å². The maximum Gasteiger partial charge on any atom is 0.205 e. The first-order chi connectivity index (χ1) is 13.6. The summed E-state index contributed by atoms with van der Waals surface area (Å²) >= 11 is 1.49. The molecule has 7 heteroatoms. The zero-order valence-corrected chi connectivity index (χ0v) is 17.5. The van der Waals surface area contributed by atoms with Crippen molar-refractivity contribution in [3.8, 4) is 11.4 Å². The number of benzene rings is 1. The summed E-state index contributed by atoms with van der Waals surface area (Å²) in [6, 6.07) is 12.6. The minimum atomic E-state index is 0.832. The fourth-order valence-electron chi connectivity index (χ4n) is 3.47. The van der Waals surface area contributed by atoms with Crippen molar-refractivity contribution < 1.29 is 0 Å². The highest BCUT2D eigenvalue weighted by molar-refractivity contribution is 7.09. The lowest BCUT2D eigenvalue weighted by Gasteiger charge is -2.35. The average Bonchev–Trinajstić information content (AvgIpc) is 3.19. The van der Waals surface area contributed by atoms with Crippen LogP contribution in [0.15, 0.2) is 42.6 Å². The molecule has 0 bridgehead atoms. The smallest absolute Gasteiger partial charge is 0.205 e. The van der Waals surface area contributed by atoms with Crippen LogP contribution in [-0.4, -0.2) is 59.5 Å². The summed E-state index contributed by atoms with van der Waals surface area (Å²) in [5, 5.41) is 1.01. The van der Waals surface area contributed by atoms with Crippen LogP contribution in [0.4, 0.5) is 10.9 Å². The second-order valence-corrected chi connectivity index (χ2v) is 8.18. The minimum absolute atomic E-state index is 0.832. The molecule has 0 amide bonds. The minimum Gasteiger partial charge on any atom is -0.353 e. The van der Waals surface area contributed by atoms with Gasteiger partial charge in [0, 0.05) is 56.0 Å². The van der Waals surface area contributed by atoms with Gasteiger partial charge >= 0.3 is 0 Å². The number of aromatic nitrogens is 3. The first-order valence-corrected chi connectivity index (χ1v) is 10.4. The molecule has 0 radical (unpaired) electrons. The lowest BCUT2D eigenvalue weighted by atomic mass is 10.1. The van der Waals surface area contributed by atoms with Crippen LogP contribution in [0.5, 0.6) is 0 Å². The Balaban J connectivity index is 1.39. The van der Waals surface area contributed by atoms with Crippen molar-refractivity contribution in [2.75, 3.05) is 50.1 Å². The molecule has 0 atom stereocenters. The number of hydrogen-bond acceptors (Lipinski definition) is 7. The molecule has 4 rings (SSSR count). The summed E-state index contributed by atoms with van der Waals surface area (Å²) in [7, 11) is 4.15. The van der Waals surface area contributed by atoms with E-state index in [2.05, 4.69) is 69.3 Å². The van der Waals surface area contributed by atoms with Crippen LogP contribution in [0.3, 0.4) is 0 Å². The normalized spacial score (nSPS) is 14.7. The molecule has 1 aromatic carbocycles. The molecule has 146 valence electrons. The average molecular weight is 395 g/mol. The molecule has 0 unspecified atom stereocenters. The molecule has 1 aliphatic rings. The van der Waals surface area contributed by atoms with E-state index in [9.17, 15) is 0 Å². The van der Waals surface area contributed by atoms with Crippen LogP contribution >= 0.6 is 11.5 Å². The molecular weight excluding hydrogens is 368 g/mol. The maximum absolute atomic E-state index is 4.80. The van der Waals surface area contributed by atoms with Crippen molar-refractivity contribution in [2.45, 2.75) is 13.5 Å². The van der Waals surface area contributed by atoms with Crippen LogP contribution in [-0.2, 0) is 6.54 Å². The van der Waals surface area contributed by atoms with Gasteiger partial charge in [0.15, 0.2) is 5.82 Å². The van der Waals surface area contributed by atoms with E-state index >= 15 is 0 Å². The standard InChI is InChI=1S/C21H26N6S/c1-16-6-4-5-7-18(16)20-23-21(28-24-20)27-12-10-26(11-13-27)19-9-8-17(14-22-19)15-25(2)3/h4-9,14H,10-13,15H2,1-3H3. The monoisotopic (exact) mass is 394 g/mol. The van der Waals surface area contributed by atoms with Crippen molar-refractivity contribution in [1.82, 2.24) is 19.2 Å². The van der Waals surface area contributed by atoms with Crippen molar-refractivity contribution in [3.05, 3.63) is 53.7 Å². The third-order valence-corrected chi connectivity index (χ3v) is 5.76. The predicted molar refractivity (Wildman–Crippen MR) is 116 cm³/mol. The third-order valence-electron chi connectivity index (χ3n) is 4.98. The predicted octanol–water partition coefficient (Wildman–Crippen LogP) is 3.30. The molecule has 28 heavy (non-hydrogen) atoms. The Morgan fingerprint density at radius 1 is 1.00 bits per heavy atom. The Hall–Kier alpha value is -2.51. The van der Waals surface area contributed by atoms with E-state index in [1.165, 1.54) is 22.7 Å². The Morgan fingerprint density at radius 2 is 1.75 bits per heavy atom. The highest BCUT2D eigenvalue weighted by Gasteiger charge is 2.21. The van der Waals surface area contributed by atoms with E-state index in [0.29, 0.717) is 0 Å². The van der Waals surface area contributed by atoms with Gasteiger partial charge in [-0.3, -0.25) is 0 Å². The summed E-state index contributed by atoms with van der Waals surface area (Å²) in [6.07, 6.45) is 1.99. The van der Waals surface area contributed by atoms with Crippen LogP contribution in [0.1, 0.15) is 11.1 Å². The first kappa shape index (κ1) is 18.8. The van der Waals surface area contributed by atoms with E-state index in [4.69, 9.17) is 4.98 Å². The number of rotatable bonds is 5.